The van der Waals surface area contributed by atoms with Gasteiger partial charge in [-0.2, -0.15) is 11.8 Å². The van der Waals surface area contributed by atoms with E-state index in [0.29, 0.717) is 5.75 Å². The number of para-hydroxylation sites is 2. The molecule has 0 bridgehead atoms. The molecule has 5 nitrogen and oxygen atoms in total. The van der Waals surface area contributed by atoms with Gasteiger partial charge in [-0.15, -0.1) is 0 Å². The minimum Gasteiger partial charge on any atom is -0.334 e. The van der Waals surface area contributed by atoms with E-state index in [2.05, 4.69) is 39.9 Å². The molecular formula is C16H17NO4PS. The summed E-state index contributed by atoms with van der Waals surface area (Å²) in [5.41, 5.74) is 2.31. The number of phosphoric acid groups is 1. The number of hydrogen-bond donors (Lipinski definition) is 2. The van der Waals surface area contributed by atoms with Gasteiger partial charge in [-0.25, -0.2) is 4.57 Å². The molecule has 0 aliphatic heterocycles. The summed E-state index contributed by atoms with van der Waals surface area (Å²) < 4.78 is 17.2. The maximum Gasteiger partial charge on any atom is 0.469 e. The third-order valence-electron chi connectivity index (χ3n) is 3.48. The number of thioether (sulfide) groups is 1. The molecule has 1 heterocycles. The number of nitrogens with zero attached hydrogens (tertiary/aromatic N) is 1. The number of fused-ring (bicyclic) bond motifs is 3. The van der Waals surface area contributed by atoms with Crippen LogP contribution in [0, 0.1) is 6.54 Å². The summed E-state index contributed by atoms with van der Waals surface area (Å²) >= 11 is 1.56. The van der Waals surface area contributed by atoms with Gasteiger partial charge in [0.15, 0.2) is 0 Å². The van der Waals surface area contributed by atoms with Gasteiger partial charge in [0, 0.05) is 33.3 Å². The van der Waals surface area contributed by atoms with Crippen LogP contribution in [0.15, 0.2) is 48.5 Å². The molecule has 0 amide bonds. The maximum atomic E-state index is 10.6. The molecule has 0 unspecified atom stereocenters. The van der Waals surface area contributed by atoms with Crippen LogP contribution in [0.4, 0.5) is 0 Å². The second-order valence-electron chi connectivity index (χ2n) is 4.99. The molecule has 0 saturated heterocycles. The molecule has 0 fully saturated rings. The summed E-state index contributed by atoms with van der Waals surface area (Å²) in [6.07, 6.45) is 0. The molecule has 121 valence electrons. The maximum absolute atomic E-state index is 10.6. The second-order valence-corrected chi connectivity index (χ2v) is 7.37. The highest BCUT2D eigenvalue weighted by molar-refractivity contribution is 7.99. The largest absolute Gasteiger partial charge is 0.469 e. The summed E-state index contributed by atoms with van der Waals surface area (Å²) in [5.74, 6) is 1.26. The van der Waals surface area contributed by atoms with E-state index in [4.69, 9.17) is 9.79 Å². The standard InChI is InChI=1S/C16H17NO4PS/c18-22(19,20)21-10-12-23-11-9-17-15-7-3-1-5-13(15)14-6-2-4-8-16(14)17/h1-9H,10-12H2,(H2,18,19,20). The lowest BCUT2D eigenvalue weighted by Crippen LogP contribution is -2.00. The molecule has 2 aromatic carbocycles. The van der Waals surface area contributed by atoms with Crippen LogP contribution >= 0.6 is 19.6 Å². The second kappa shape index (κ2) is 7.07. The Kier molecular flexibility index (Phi) is 5.09. The molecule has 1 radical (unpaired) electrons. The van der Waals surface area contributed by atoms with E-state index in [9.17, 15) is 4.57 Å². The van der Waals surface area contributed by atoms with E-state index in [1.807, 2.05) is 24.3 Å². The molecule has 2 N–H and O–H groups in total. The van der Waals surface area contributed by atoms with E-state index in [0.717, 1.165) is 16.8 Å². The third kappa shape index (κ3) is 3.97. The number of hydrogen-bond acceptors (Lipinski definition) is 3. The quantitative estimate of drug-likeness (QED) is 0.503. The summed E-state index contributed by atoms with van der Waals surface area (Å²) in [7, 11) is -4.36. The molecule has 23 heavy (non-hydrogen) atoms. The fourth-order valence-corrected chi connectivity index (χ4v) is 3.65. The third-order valence-corrected chi connectivity index (χ3v) is 4.84. The molecule has 3 rings (SSSR count). The minimum atomic E-state index is -4.36. The normalized spacial score (nSPS) is 12.3. The predicted molar refractivity (Wildman–Crippen MR) is 94.5 cm³/mol. The van der Waals surface area contributed by atoms with Crippen LogP contribution in [0.25, 0.3) is 21.8 Å². The van der Waals surface area contributed by atoms with Crippen LogP contribution in [-0.4, -0.2) is 32.5 Å². The topological polar surface area (TPSA) is 71.7 Å². The molecular weight excluding hydrogens is 333 g/mol. The van der Waals surface area contributed by atoms with Gasteiger partial charge in [0.1, 0.15) is 0 Å². The van der Waals surface area contributed by atoms with Crippen molar-refractivity contribution >= 4 is 41.4 Å². The Labute approximate surface area is 138 Å². The lowest BCUT2D eigenvalue weighted by atomic mass is 10.2. The highest BCUT2D eigenvalue weighted by atomic mass is 32.2. The van der Waals surface area contributed by atoms with Crippen LogP contribution < -0.4 is 0 Å². The first-order valence-electron chi connectivity index (χ1n) is 7.15. The first-order valence-corrected chi connectivity index (χ1v) is 9.83. The fraction of sp³-hybridized carbons (Fsp3) is 0.188. The summed E-state index contributed by atoms with van der Waals surface area (Å²) in [6, 6.07) is 16.5. The van der Waals surface area contributed by atoms with Gasteiger partial charge in [0.05, 0.1) is 13.2 Å². The Bertz CT molecular complexity index is 804. The van der Waals surface area contributed by atoms with Gasteiger partial charge in [-0.3, -0.25) is 4.52 Å². The predicted octanol–water partition coefficient (Wildman–Crippen LogP) is 3.65. The minimum absolute atomic E-state index is 0.0377. The Morgan fingerprint density at radius 2 is 1.61 bits per heavy atom. The zero-order chi connectivity index (χ0) is 16.3. The Hall–Kier alpha value is -1.30. The molecule has 0 spiro atoms. The average molecular weight is 350 g/mol. The van der Waals surface area contributed by atoms with Crippen LogP contribution in [-0.2, 0) is 9.09 Å². The lowest BCUT2D eigenvalue weighted by Gasteiger charge is -2.07. The van der Waals surface area contributed by atoms with E-state index in [-0.39, 0.29) is 6.61 Å². The molecule has 3 aromatic rings. The average Bonchev–Trinajstić information content (AvgIpc) is 2.84. The van der Waals surface area contributed by atoms with Crippen molar-refractivity contribution in [2.24, 2.45) is 0 Å². The number of aromatic nitrogens is 1. The van der Waals surface area contributed by atoms with E-state index >= 15 is 0 Å². The van der Waals surface area contributed by atoms with Crippen molar-refractivity contribution in [2.45, 2.75) is 0 Å². The van der Waals surface area contributed by atoms with Crippen molar-refractivity contribution in [3.63, 3.8) is 0 Å². The summed E-state index contributed by atoms with van der Waals surface area (Å²) in [4.78, 5) is 17.3. The van der Waals surface area contributed by atoms with E-state index in [1.54, 1.807) is 11.8 Å². The van der Waals surface area contributed by atoms with Gasteiger partial charge < -0.3 is 14.4 Å². The first kappa shape index (κ1) is 16.6. The van der Waals surface area contributed by atoms with Crippen molar-refractivity contribution < 1.29 is 18.9 Å². The zero-order valence-electron chi connectivity index (χ0n) is 12.3. The van der Waals surface area contributed by atoms with Crippen LogP contribution in [0.3, 0.4) is 0 Å². The lowest BCUT2D eigenvalue weighted by molar-refractivity contribution is 0.208. The van der Waals surface area contributed by atoms with Crippen LogP contribution in [0.2, 0.25) is 0 Å². The highest BCUT2D eigenvalue weighted by Crippen LogP contribution is 2.35. The molecule has 0 atom stereocenters. The van der Waals surface area contributed by atoms with E-state index in [1.165, 1.54) is 10.8 Å². The summed E-state index contributed by atoms with van der Waals surface area (Å²) in [5, 5.41) is 2.43. The summed E-state index contributed by atoms with van der Waals surface area (Å²) in [6.45, 7) is 2.13. The van der Waals surface area contributed by atoms with Gasteiger partial charge in [0.25, 0.3) is 0 Å². The van der Waals surface area contributed by atoms with Crippen molar-refractivity contribution in [3.8, 4) is 0 Å². The number of rotatable bonds is 7. The molecule has 1 aromatic heterocycles. The number of benzene rings is 2. The monoisotopic (exact) mass is 350 g/mol. The molecule has 7 heteroatoms. The van der Waals surface area contributed by atoms with Crippen molar-refractivity contribution in [2.75, 3.05) is 18.1 Å². The van der Waals surface area contributed by atoms with Gasteiger partial charge in [0.2, 0.25) is 0 Å². The van der Waals surface area contributed by atoms with Gasteiger partial charge >= 0.3 is 7.82 Å². The first-order chi connectivity index (χ1) is 11.1. The van der Waals surface area contributed by atoms with Crippen molar-refractivity contribution in [3.05, 3.63) is 55.1 Å². The van der Waals surface area contributed by atoms with Crippen LogP contribution in [0.5, 0.6) is 0 Å². The Morgan fingerprint density at radius 3 is 2.17 bits per heavy atom. The van der Waals surface area contributed by atoms with Crippen LogP contribution in [0.1, 0.15) is 0 Å². The molecule has 0 saturated carbocycles. The molecule has 0 aliphatic rings. The van der Waals surface area contributed by atoms with E-state index < -0.39 is 7.82 Å². The van der Waals surface area contributed by atoms with Gasteiger partial charge in [-0.1, -0.05) is 36.4 Å². The zero-order valence-corrected chi connectivity index (χ0v) is 14.0. The molecule has 0 aliphatic carbocycles. The highest BCUT2D eigenvalue weighted by Gasteiger charge is 2.13. The Morgan fingerprint density at radius 1 is 1.04 bits per heavy atom. The fourth-order valence-electron chi connectivity index (χ4n) is 2.58. The van der Waals surface area contributed by atoms with Gasteiger partial charge in [-0.05, 0) is 12.1 Å². The Balaban J connectivity index is 1.69. The smallest absolute Gasteiger partial charge is 0.334 e. The van der Waals surface area contributed by atoms with Crippen molar-refractivity contribution in [1.82, 2.24) is 4.57 Å². The van der Waals surface area contributed by atoms with Crippen molar-refractivity contribution in [1.29, 1.82) is 0 Å². The number of phosphoric ester groups is 1. The SMILES string of the molecule is O=P(O)(O)OCCSC[CH]n1c2ccccc2c2ccccc21.